The molecule has 3 rings (SSSR count). The van der Waals surface area contributed by atoms with Crippen molar-refractivity contribution in [2.75, 3.05) is 10.6 Å². The molecule has 0 bridgehead atoms. The maximum Gasteiger partial charge on any atom is 0.247 e. The zero-order valence-electron chi connectivity index (χ0n) is 12.2. The Morgan fingerprint density at radius 2 is 1.68 bits per heavy atom. The van der Waals surface area contributed by atoms with Crippen molar-refractivity contribution in [2.45, 2.75) is 23.5 Å². The number of hydrogen-bond acceptors (Lipinski definition) is 4. The number of nitrogens with two attached hydrogens (primary N) is 1. The van der Waals surface area contributed by atoms with Crippen LogP contribution in [-0.2, 0) is 9.59 Å². The Bertz CT molecular complexity index is 710. The summed E-state index contributed by atoms with van der Waals surface area (Å²) in [5, 5.41) is -0.377. The third kappa shape index (κ3) is 2.85. The molecule has 0 aromatic heterocycles. The maximum absolute atomic E-state index is 12.5. The largest absolute Gasteiger partial charge is 0.399 e. The van der Waals surface area contributed by atoms with E-state index in [1.807, 2.05) is 31.2 Å². The summed E-state index contributed by atoms with van der Waals surface area (Å²) in [7, 11) is 0. The molecule has 1 aliphatic heterocycles. The summed E-state index contributed by atoms with van der Waals surface area (Å²) in [5.41, 5.74) is 8.07. The number of nitrogens with zero attached hydrogens (tertiary/aromatic N) is 1. The molecule has 2 aromatic rings. The van der Waals surface area contributed by atoms with Gasteiger partial charge in [-0.3, -0.25) is 9.59 Å². The average molecular weight is 312 g/mol. The van der Waals surface area contributed by atoms with E-state index in [2.05, 4.69) is 0 Å². The number of carbonyl (C=O) groups excluding carboxylic acids is 2. The van der Waals surface area contributed by atoms with E-state index in [1.165, 1.54) is 16.7 Å². The van der Waals surface area contributed by atoms with Gasteiger partial charge in [-0.05, 0) is 43.3 Å². The molecule has 0 spiro atoms. The molecule has 5 heteroatoms. The van der Waals surface area contributed by atoms with Gasteiger partial charge in [0.2, 0.25) is 11.8 Å². The van der Waals surface area contributed by atoms with Crippen LogP contribution in [0.3, 0.4) is 0 Å². The van der Waals surface area contributed by atoms with Gasteiger partial charge in [-0.2, -0.15) is 0 Å². The molecule has 0 radical (unpaired) electrons. The van der Waals surface area contributed by atoms with Gasteiger partial charge in [-0.15, -0.1) is 11.8 Å². The molecular weight excluding hydrogens is 296 g/mol. The van der Waals surface area contributed by atoms with E-state index in [0.717, 1.165) is 10.5 Å². The predicted molar refractivity (Wildman–Crippen MR) is 88.8 cm³/mol. The first-order valence-corrected chi connectivity index (χ1v) is 7.88. The first kappa shape index (κ1) is 14.7. The van der Waals surface area contributed by atoms with Gasteiger partial charge in [0.1, 0.15) is 0 Å². The first-order chi connectivity index (χ1) is 10.5. The minimum absolute atomic E-state index is 0.151. The van der Waals surface area contributed by atoms with Crippen molar-refractivity contribution >= 4 is 35.0 Å². The second kappa shape index (κ2) is 5.85. The Labute approximate surface area is 133 Å². The lowest BCUT2D eigenvalue weighted by atomic mass is 10.2. The second-order valence-corrected chi connectivity index (χ2v) is 6.56. The molecule has 1 heterocycles. The molecule has 22 heavy (non-hydrogen) atoms. The Morgan fingerprint density at radius 1 is 1.05 bits per heavy atom. The van der Waals surface area contributed by atoms with Gasteiger partial charge < -0.3 is 5.73 Å². The van der Waals surface area contributed by atoms with Crippen LogP contribution in [0, 0.1) is 6.92 Å². The summed E-state index contributed by atoms with van der Waals surface area (Å²) in [6.07, 6.45) is 0.224. The number of aryl methyl sites for hydroxylation is 1. The third-order valence-corrected chi connectivity index (χ3v) is 4.75. The highest BCUT2D eigenvalue weighted by Crippen LogP contribution is 2.34. The lowest BCUT2D eigenvalue weighted by Crippen LogP contribution is -2.31. The molecule has 1 aliphatic rings. The van der Waals surface area contributed by atoms with Gasteiger partial charge >= 0.3 is 0 Å². The van der Waals surface area contributed by atoms with Crippen molar-refractivity contribution in [3.05, 3.63) is 54.1 Å². The van der Waals surface area contributed by atoms with Gasteiger partial charge in [0.15, 0.2) is 0 Å². The third-order valence-electron chi connectivity index (χ3n) is 3.56. The number of carbonyl (C=O) groups is 2. The Kier molecular flexibility index (Phi) is 3.90. The highest BCUT2D eigenvalue weighted by molar-refractivity contribution is 8.00. The summed E-state index contributed by atoms with van der Waals surface area (Å²) < 4.78 is 0. The van der Waals surface area contributed by atoms with Crippen LogP contribution in [0.1, 0.15) is 12.0 Å². The number of imide groups is 1. The van der Waals surface area contributed by atoms with Crippen LogP contribution >= 0.6 is 11.8 Å². The number of amides is 2. The Balaban J connectivity index is 1.79. The summed E-state index contributed by atoms with van der Waals surface area (Å²) in [6, 6.07) is 14.7. The van der Waals surface area contributed by atoms with Crippen LogP contribution in [0.4, 0.5) is 11.4 Å². The molecule has 1 fully saturated rings. The molecule has 2 N–H and O–H groups in total. The number of nitrogen functional groups attached to an aromatic ring is 1. The van der Waals surface area contributed by atoms with E-state index in [4.69, 9.17) is 5.73 Å². The van der Waals surface area contributed by atoms with Crippen LogP contribution in [-0.4, -0.2) is 17.1 Å². The van der Waals surface area contributed by atoms with E-state index in [9.17, 15) is 9.59 Å². The van der Waals surface area contributed by atoms with Gasteiger partial charge in [0.05, 0.1) is 10.9 Å². The first-order valence-electron chi connectivity index (χ1n) is 7.00. The second-order valence-electron chi connectivity index (χ2n) is 5.28. The molecule has 2 amide bonds. The standard InChI is InChI=1S/C17H16N2O2S/c1-11-2-6-13(7-3-11)19-16(20)10-15(17(19)21)22-14-8-4-12(18)5-9-14/h2-9,15H,10,18H2,1H3/t15-/m1/s1. The van der Waals surface area contributed by atoms with E-state index >= 15 is 0 Å². The normalized spacial score (nSPS) is 18.0. The van der Waals surface area contributed by atoms with Crippen LogP contribution in [0.5, 0.6) is 0 Å². The quantitative estimate of drug-likeness (QED) is 0.699. The SMILES string of the molecule is Cc1ccc(N2C(=O)C[C@@H](Sc3ccc(N)cc3)C2=O)cc1. The smallest absolute Gasteiger partial charge is 0.247 e. The maximum atomic E-state index is 12.5. The van der Waals surface area contributed by atoms with Crippen molar-refractivity contribution < 1.29 is 9.59 Å². The summed E-state index contributed by atoms with van der Waals surface area (Å²) in [4.78, 5) is 27.0. The Morgan fingerprint density at radius 3 is 2.32 bits per heavy atom. The molecular formula is C17H16N2O2S. The monoisotopic (exact) mass is 312 g/mol. The molecule has 0 saturated carbocycles. The Hall–Kier alpha value is -2.27. The number of hydrogen-bond donors (Lipinski definition) is 1. The fourth-order valence-electron chi connectivity index (χ4n) is 2.37. The summed E-state index contributed by atoms with van der Waals surface area (Å²) in [5.74, 6) is -0.308. The van der Waals surface area contributed by atoms with Gasteiger partial charge in [0, 0.05) is 17.0 Å². The number of thioether (sulfide) groups is 1. The van der Waals surface area contributed by atoms with Crippen LogP contribution in [0.15, 0.2) is 53.4 Å². The lowest BCUT2D eigenvalue weighted by molar-refractivity contribution is -0.121. The average Bonchev–Trinajstić information content (AvgIpc) is 2.77. The highest BCUT2D eigenvalue weighted by atomic mass is 32.2. The van der Waals surface area contributed by atoms with Gasteiger partial charge in [-0.1, -0.05) is 17.7 Å². The fraction of sp³-hybridized carbons (Fsp3) is 0.176. The summed E-state index contributed by atoms with van der Waals surface area (Å²) in [6.45, 7) is 1.97. The topological polar surface area (TPSA) is 63.4 Å². The zero-order valence-corrected chi connectivity index (χ0v) is 13.0. The van der Waals surface area contributed by atoms with Crippen molar-refractivity contribution in [1.29, 1.82) is 0 Å². The molecule has 4 nitrogen and oxygen atoms in total. The molecule has 1 atom stereocenters. The molecule has 1 saturated heterocycles. The number of rotatable bonds is 3. The van der Waals surface area contributed by atoms with E-state index in [0.29, 0.717) is 11.4 Å². The molecule has 2 aromatic carbocycles. The fourth-order valence-corrected chi connectivity index (χ4v) is 3.43. The van der Waals surface area contributed by atoms with E-state index in [-0.39, 0.29) is 23.5 Å². The van der Waals surface area contributed by atoms with Gasteiger partial charge in [0.25, 0.3) is 0 Å². The molecule has 112 valence electrons. The van der Waals surface area contributed by atoms with Crippen molar-refractivity contribution in [3.8, 4) is 0 Å². The van der Waals surface area contributed by atoms with Crippen LogP contribution < -0.4 is 10.6 Å². The zero-order chi connectivity index (χ0) is 15.7. The lowest BCUT2D eigenvalue weighted by Gasteiger charge is -2.15. The minimum Gasteiger partial charge on any atom is -0.399 e. The predicted octanol–water partition coefficient (Wildman–Crippen LogP) is 3.00. The summed E-state index contributed by atoms with van der Waals surface area (Å²) >= 11 is 1.41. The van der Waals surface area contributed by atoms with Crippen molar-refractivity contribution in [2.24, 2.45) is 0 Å². The molecule has 0 unspecified atom stereocenters. The van der Waals surface area contributed by atoms with Crippen LogP contribution in [0.2, 0.25) is 0 Å². The highest BCUT2D eigenvalue weighted by Gasteiger charge is 2.40. The van der Waals surface area contributed by atoms with E-state index < -0.39 is 0 Å². The van der Waals surface area contributed by atoms with Crippen molar-refractivity contribution in [1.82, 2.24) is 0 Å². The number of anilines is 2. The van der Waals surface area contributed by atoms with Crippen LogP contribution in [0.25, 0.3) is 0 Å². The number of benzene rings is 2. The van der Waals surface area contributed by atoms with Gasteiger partial charge in [-0.25, -0.2) is 4.90 Å². The minimum atomic E-state index is -0.377. The van der Waals surface area contributed by atoms with E-state index in [1.54, 1.807) is 24.3 Å². The van der Waals surface area contributed by atoms with Crippen molar-refractivity contribution in [3.63, 3.8) is 0 Å². The molecule has 0 aliphatic carbocycles.